The van der Waals surface area contributed by atoms with Gasteiger partial charge in [0.1, 0.15) is 0 Å². The van der Waals surface area contributed by atoms with E-state index in [-0.39, 0.29) is 5.91 Å². The molecule has 0 spiro atoms. The van der Waals surface area contributed by atoms with Gasteiger partial charge in [-0.25, -0.2) is 0 Å². The van der Waals surface area contributed by atoms with Crippen LogP contribution in [0.5, 0.6) is 0 Å². The van der Waals surface area contributed by atoms with Gasteiger partial charge in [-0.3, -0.25) is 4.79 Å². The van der Waals surface area contributed by atoms with Gasteiger partial charge in [-0.15, -0.1) is 11.8 Å². The van der Waals surface area contributed by atoms with Crippen molar-refractivity contribution in [1.82, 2.24) is 5.32 Å². The molecule has 1 fully saturated rings. The molecule has 3 heteroatoms. The summed E-state index contributed by atoms with van der Waals surface area (Å²) in [6.45, 7) is 4.21. The van der Waals surface area contributed by atoms with E-state index < -0.39 is 0 Å². The highest BCUT2D eigenvalue weighted by Gasteiger charge is 2.28. The van der Waals surface area contributed by atoms with Gasteiger partial charge >= 0.3 is 0 Å². The molecule has 1 aliphatic rings. The maximum Gasteiger partial charge on any atom is 0.230 e. The molecule has 0 heterocycles. The SMILES string of the molecule is Cc1cccc(CSCC(=O)NC(C)C2CC2)c1. The Kier molecular flexibility index (Phi) is 4.70. The first-order valence-electron chi connectivity index (χ1n) is 6.58. The molecule has 1 atom stereocenters. The highest BCUT2D eigenvalue weighted by molar-refractivity contribution is 7.99. The van der Waals surface area contributed by atoms with E-state index in [0.717, 1.165) is 11.7 Å². The van der Waals surface area contributed by atoms with Crippen LogP contribution in [-0.4, -0.2) is 17.7 Å². The third-order valence-electron chi connectivity index (χ3n) is 3.30. The van der Waals surface area contributed by atoms with E-state index in [1.165, 1.54) is 24.0 Å². The molecule has 2 rings (SSSR count). The van der Waals surface area contributed by atoms with E-state index in [1.54, 1.807) is 11.8 Å². The van der Waals surface area contributed by atoms with Gasteiger partial charge in [0.25, 0.3) is 0 Å². The molecular weight excluding hydrogens is 242 g/mol. The fourth-order valence-corrected chi connectivity index (χ4v) is 2.86. The first kappa shape index (κ1) is 13.5. The van der Waals surface area contributed by atoms with Crippen molar-refractivity contribution in [3.8, 4) is 0 Å². The second kappa shape index (κ2) is 6.28. The van der Waals surface area contributed by atoms with Crippen molar-refractivity contribution >= 4 is 17.7 Å². The Labute approximate surface area is 114 Å². The number of thioether (sulfide) groups is 1. The van der Waals surface area contributed by atoms with Crippen LogP contribution in [0.4, 0.5) is 0 Å². The molecule has 1 unspecified atom stereocenters. The van der Waals surface area contributed by atoms with Crippen molar-refractivity contribution in [3.05, 3.63) is 35.4 Å². The summed E-state index contributed by atoms with van der Waals surface area (Å²) in [4.78, 5) is 11.7. The van der Waals surface area contributed by atoms with Gasteiger partial charge in [-0.1, -0.05) is 29.8 Å². The number of hydrogen-bond acceptors (Lipinski definition) is 2. The van der Waals surface area contributed by atoms with Crippen LogP contribution in [0.1, 0.15) is 30.9 Å². The lowest BCUT2D eigenvalue weighted by Crippen LogP contribution is -2.35. The number of carbonyl (C=O) groups excluding carboxylic acids is 1. The smallest absolute Gasteiger partial charge is 0.230 e. The summed E-state index contributed by atoms with van der Waals surface area (Å²) < 4.78 is 0. The molecule has 1 aliphatic carbocycles. The van der Waals surface area contributed by atoms with Crippen LogP contribution in [-0.2, 0) is 10.5 Å². The summed E-state index contributed by atoms with van der Waals surface area (Å²) in [7, 11) is 0. The number of carbonyl (C=O) groups is 1. The second-order valence-corrected chi connectivity index (χ2v) is 6.16. The van der Waals surface area contributed by atoms with Crippen LogP contribution in [0.25, 0.3) is 0 Å². The third-order valence-corrected chi connectivity index (χ3v) is 4.31. The van der Waals surface area contributed by atoms with Gasteiger partial charge in [0.05, 0.1) is 5.75 Å². The third kappa shape index (κ3) is 4.37. The topological polar surface area (TPSA) is 29.1 Å². The summed E-state index contributed by atoms with van der Waals surface area (Å²) >= 11 is 1.69. The lowest BCUT2D eigenvalue weighted by atomic mass is 10.2. The molecular formula is C15H21NOS. The summed E-state index contributed by atoms with van der Waals surface area (Å²) in [6, 6.07) is 8.82. The minimum Gasteiger partial charge on any atom is -0.353 e. The van der Waals surface area contributed by atoms with Crippen molar-refractivity contribution in [2.45, 2.75) is 38.5 Å². The molecule has 2 nitrogen and oxygen atoms in total. The van der Waals surface area contributed by atoms with E-state index in [9.17, 15) is 4.79 Å². The van der Waals surface area contributed by atoms with Gasteiger partial charge in [0.2, 0.25) is 5.91 Å². The van der Waals surface area contributed by atoms with Gasteiger partial charge in [0.15, 0.2) is 0 Å². The van der Waals surface area contributed by atoms with Crippen LogP contribution < -0.4 is 5.32 Å². The summed E-state index contributed by atoms with van der Waals surface area (Å²) in [5.74, 6) is 2.38. The van der Waals surface area contributed by atoms with Crippen molar-refractivity contribution in [2.24, 2.45) is 5.92 Å². The van der Waals surface area contributed by atoms with Gasteiger partial charge in [0, 0.05) is 11.8 Å². The average Bonchev–Trinajstić information content (AvgIpc) is 3.12. The average molecular weight is 263 g/mol. The van der Waals surface area contributed by atoms with Crippen LogP contribution in [0.15, 0.2) is 24.3 Å². The second-order valence-electron chi connectivity index (χ2n) is 5.18. The monoisotopic (exact) mass is 263 g/mol. The van der Waals surface area contributed by atoms with E-state index in [0.29, 0.717) is 11.8 Å². The first-order chi connectivity index (χ1) is 8.65. The molecule has 0 saturated heterocycles. The zero-order valence-electron chi connectivity index (χ0n) is 11.1. The molecule has 1 amide bonds. The lowest BCUT2D eigenvalue weighted by molar-refractivity contribution is -0.119. The predicted octanol–water partition coefficient (Wildman–Crippen LogP) is 3.14. The number of hydrogen-bond donors (Lipinski definition) is 1. The molecule has 18 heavy (non-hydrogen) atoms. The standard InChI is InChI=1S/C15H21NOS/c1-11-4-3-5-13(8-11)9-18-10-15(17)16-12(2)14-6-7-14/h3-5,8,12,14H,6-7,9-10H2,1-2H3,(H,16,17). The van der Waals surface area contributed by atoms with Gasteiger partial charge < -0.3 is 5.32 Å². The summed E-state index contributed by atoms with van der Waals surface area (Å²) in [5, 5.41) is 3.08. The number of benzene rings is 1. The molecule has 0 bridgehead atoms. The largest absolute Gasteiger partial charge is 0.353 e. The van der Waals surface area contributed by atoms with Crippen molar-refractivity contribution in [3.63, 3.8) is 0 Å². The quantitative estimate of drug-likeness (QED) is 0.854. The van der Waals surface area contributed by atoms with Gasteiger partial charge in [-0.05, 0) is 38.2 Å². The molecule has 1 saturated carbocycles. The van der Waals surface area contributed by atoms with E-state index in [4.69, 9.17) is 0 Å². The van der Waals surface area contributed by atoms with Crippen LogP contribution in [0.3, 0.4) is 0 Å². The highest BCUT2D eigenvalue weighted by atomic mass is 32.2. The Hall–Kier alpha value is -0.960. The minimum absolute atomic E-state index is 0.173. The lowest BCUT2D eigenvalue weighted by Gasteiger charge is -2.12. The molecule has 1 aromatic rings. The molecule has 1 aromatic carbocycles. The maximum absolute atomic E-state index is 11.7. The number of rotatable bonds is 6. The summed E-state index contributed by atoms with van der Waals surface area (Å²) in [5.41, 5.74) is 2.57. The molecule has 98 valence electrons. The Morgan fingerprint density at radius 2 is 2.28 bits per heavy atom. The predicted molar refractivity (Wildman–Crippen MR) is 77.7 cm³/mol. The molecule has 0 radical (unpaired) electrons. The fourth-order valence-electron chi connectivity index (χ4n) is 2.07. The molecule has 0 aliphatic heterocycles. The zero-order valence-corrected chi connectivity index (χ0v) is 11.9. The van der Waals surface area contributed by atoms with E-state index in [2.05, 4.69) is 43.4 Å². The van der Waals surface area contributed by atoms with Crippen LogP contribution in [0.2, 0.25) is 0 Å². The minimum atomic E-state index is 0.173. The Balaban J connectivity index is 1.66. The highest BCUT2D eigenvalue weighted by Crippen LogP contribution is 2.32. The first-order valence-corrected chi connectivity index (χ1v) is 7.73. The fraction of sp³-hybridized carbons (Fsp3) is 0.533. The molecule has 1 N–H and O–H groups in total. The van der Waals surface area contributed by atoms with Gasteiger partial charge in [-0.2, -0.15) is 0 Å². The van der Waals surface area contributed by atoms with E-state index >= 15 is 0 Å². The van der Waals surface area contributed by atoms with Crippen molar-refractivity contribution in [2.75, 3.05) is 5.75 Å². The number of aryl methyl sites for hydroxylation is 1. The zero-order chi connectivity index (χ0) is 13.0. The van der Waals surface area contributed by atoms with Crippen LogP contribution >= 0.6 is 11.8 Å². The Morgan fingerprint density at radius 1 is 1.50 bits per heavy atom. The summed E-state index contributed by atoms with van der Waals surface area (Å²) in [6.07, 6.45) is 2.55. The van der Waals surface area contributed by atoms with Crippen LogP contribution in [0, 0.1) is 12.8 Å². The molecule has 0 aromatic heterocycles. The van der Waals surface area contributed by atoms with Crippen molar-refractivity contribution in [1.29, 1.82) is 0 Å². The Bertz CT molecular complexity index is 415. The number of nitrogens with one attached hydrogen (secondary N) is 1. The maximum atomic E-state index is 11.7. The number of amides is 1. The Morgan fingerprint density at radius 3 is 2.94 bits per heavy atom. The van der Waals surface area contributed by atoms with Crippen molar-refractivity contribution < 1.29 is 4.79 Å². The normalized spacial score (nSPS) is 16.3. The van der Waals surface area contributed by atoms with E-state index in [1.807, 2.05) is 0 Å².